The van der Waals surface area contributed by atoms with Crippen LogP contribution in [-0.2, 0) is 9.53 Å². The highest BCUT2D eigenvalue weighted by Crippen LogP contribution is 2.38. The summed E-state index contributed by atoms with van der Waals surface area (Å²) in [6.07, 6.45) is 3.34. The molecule has 3 nitrogen and oxygen atoms in total. The van der Waals surface area contributed by atoms with Gasteiger partial charge in [0.15, 0.2) is 5.60 Å². The number of Topliss-reactive ketones (excluding diaryl/α,β-unsaturated/α-hetero) is 1. The molecule has 0 saturated heterocycles. The minimum absolute atomic E-state index is 0.0330. The minimum Gasteiger partial charge on any atom is -0.478 e. The van der Waals surface area contributed by atoms with Crippen molar-refractivity contribution in [3.05, 3.63) is 34.6 Å². The van der Waals surface area contributed by atoms with Crippen molar-refractivity contribution in [1.82, 2.24) is 4.98 Å². The number of carbonyl (C=O) groups is 1. The molecule has 0 spiro atoms. The number of ketones is 1. The van der Waals surface area contributed by atoms with Crippen LogP contribution in [0.25, 0.3) is 5.76 Å². The highest BCUT2D eigenvalue weighted by atomic mass is 79.9. The average molecular weight is 268 g/mol. The molecule has 0 radical (unpaired) electrons. The molecule has 1 aromatic heterocycles. The quantitative estimate of drug-likeness (QED) is 0.785. The smallest absolute Gasteiger partial charge is 0.216 e. The van der Waals surface area contributed by atoms with E-state index in [1.165, 1.54) is 0 Å². The van der Waals surface area contributed by atoms with Crippen molar-refractivity contribution in [1.29, 1.82) is 0 Å². The summed E-state index contributed by atoms with van der Waals surface area (Å²) in [6, 6.07) is 3.62. The second kappa shape index (κ2) is 3.45. The summed E-state index contributed by atoms with van der Waals surface area (Å²) >= 11 is 3.27. The van der Waals surface area contributed by atoms with E-state index in [-0.39, 0.29) is 5.78 Å². The monoisotopic (exact) mass is 267 g/mol. The number of pyridine rings is 1. The molecule has 0 atom stereocenters. The third-order valence-electron chi connectivity index (χ3n) is 2.25. The van der Waals surface area contributed by atoms with Gasteiger partial charge >= 0.3 is 0 Å². The topological polar surface area (TPSA) is 39.2 Å². The van der Waals surface area contributed by atoms with E-state index < -0.39 is 5.60 Å². The molecule has 1 aliphatic rings. The highest BCUT2D eigenvalue weighted by Gasteiger charge is 2.41. The Labute approximate surface area is 96.3 Å². The van der Waals surface area contributed by atoms with Crippen molar-refractivity contribution < 1.29 is 9.53 Å². The normalized spacial score (nSPS) is 19.3. The molecule has 0 unspecified atom stereocenters. The summed E-state index contributed by atoms with van der Waals surface area (Å²) in [5.41, 5.74) is 0.0769. The molecule has 0 N–H and O–H groups in total. The summed E-state index contributed by atoms with van der Waals surface area (Å²) in [4.78, 5) is 15.7. The Hall–Kier alpha value is -1.16. The average Bonchev–Trinajstić information content (AvgIpc) is 2.44. The van der Waals surface area contributed by atoms with Crippen LogP contribution in [-0.4, -0.2) is 16.4 Å². The number of carbonyl (C=O) groups excluding carboxylic acids is 1. The molecule has 1 aromatic rings. The highest BCUT2D eigenvalue weighted by molar-refractivity contribution is 9.12. The summed E-state index contributed by atoms with van der Waals surface area (Å²) in [5.74, 6) is 0.557. The van der Waals surface area contributed by atoms with Gasteiger partial charge in [-0.25, -0.2) is 0 Å². The van der Waals surface area contributed by atoms with Crippen LogP contribution in [0, 0.1) is 0 Å². The van der Waals surface area contributed by atoms with Crippen LogP contribution in [0.15, 0.2) is 29.0 Å². The van der Waals surface area contributed by atoms with Crippen molar-refractivity contribution in [2.75, 3.05) is 0 Å². The maximum atomic E-state index is 11.8. The van der Waals surface area contributed by atoms with Gasteiger partial charge in [0, 0.05) is 18.0 Å². The Bertz CT molecular complexity index is 437. The standard InChI is InChI=1S/C11H10BrNO2/c1-11(2)10(14)8(12)9(15-11)7-3-5-13-6-4-7/h3-6H,1-2H3. The van der Waals surface area contributed by atoms with E-state index in [2.05, 4.69) is 20.9 Å². The fourth-order valence-electron chi connectivity index (χ4n) is 1.40. The van der Waals surface area contributed by atoms with Gasteiger partial charge in [0.2, 0.25) is 5.78 Å². The maximum absolute atomic E-state index is 11.8. The lowest BCUT2D eigenvalue weighted by Gasteiger charge is -2.17. The van der Waals surface area contributed by atoms with E-state index in [0.29, 0.717) is 10.2 Å². The fraction of sp³-hybridized carbons (Fsp3) is 0.273. The first kappa shape index (κ1) is 10.4. The maximum Gasteiger partial charge on any atom is 0.216 e. The molecule has 0 saturated carbocycles. The van der Waals surface area contributed by atoms with Gasteiger partial charge in [0.25, 0.3) is 0 Å². The first-order chi connectivity index (χ1) is 7.02. The molecule has 0 amide bonds. The molecule has 4 heteroatoms. The molecule has 2 heterocycles. The summed E-state index contributed by atoms with van der Waals surface area (Å²) in [6.45, 7) is 3.51. The largest absolute Gasteiger partial charge is 0.478 e. The van der Waals surface area contributed by atoms with Crippen LogP contribution in [0.4, 0.5) is 0 Å². The Kier molecular flexibility index (Phi) is 2.38. The van der Waals surface area contributed by atoms with Gasteiger partial charge in [-0.1, -0.05) is 0 Å². The Balaban J connectivity index is 2.45. The Morgan fingerprint density at radius 3 is 2.40 bits per heavy atom. The van der Waals surface area contributed by atoms with Crippen LogP contribution in [0.2, 0.25) is 0 Å². The molecule has 1 aliphatic heterocycles. The lowest BCUT2D eigenvalue weighted by atomic mass is 10.1. The minimum atomic E-state index is -0.780. The van der Waals surface area contributed by atoms with Crippen LogP contribution in [0.5, 0.6) is 0 Å². The second-order valence-electron chi connectivity index (χ2n) is 3.82. The lowest BCUT2D eigenvalue weighted by Crippen LogP contribution is -2.28. The van der Waals surface area contributed by atoms with E-state index in [1.54, 1.807) is 26.2 Å². The summed E-state index contributed by atoms with van der Waals surface area (Å²) in [5, 5.41) is 0. The number of ether oxygens (including phenoxy) is 1. The van der Waals surface area contributed by atoms with Crippen molar-refractivity contribution in [2.24, 2.45) is 0 Å². The predicted molar refractivity (Wildman–Crippen MR) is 60.3 cm³/mol. The number of hydrogen-bond acceptors (Lipinski definition) is 3. The van der Waals surface area contributed by atoms with Gasteiger partial charge in [-0.2, -0.15) is 0 Å². The molecule has 0 aromatic carbocycles. The Morgan fingerprint density at radius 1 is 1.33 bits per heavy atom. The Morgan fingerprint density at radius 2 is 1.93 bits per heavy atom. The molecule has 15 heavy (non-hydrogen) atoms. The molecule has 78 valence electrons. The molecular formula is C11H10BrNO2. The van der Waals surface area contributed by atoms with E-state index in [0.717, 1.165) is 5.56 Å². The van der Waals surface area contributed by atoms with E-state index in [4.69, 9.17) is 4.74 Å². The van der Waals surface area contributed by atoms with E-state index in [9.17, 15) is 4.79 Å². The van der Waals surface area contributed by atoms with Crippen molar-refractivity contribution in [3.8, 4) is 0 Å². The summed E-state index contributed by atoms with van der Waals surface area (Å²) < 4.78 is 6.11. The molecular weight excluding hydrogens is 258 g/mol. The van der Waals surface area contributed by atoms with E-state index >= 15 is 0 Å². The second-order valence-corrected chi connectivity index (χ2v) is 4.61. The summed E-state index contributed by atoms with van der Waals surface area (Å²) in [7, 11) is 0. The van der Waals surface area contributed by atoms with Crippen LogP contribution < -0.4 is 0 Å². The van der Waals surface area contributed by atoms with Gasteiger partial charge in [-0.15, -0.1) is 0 Å². The van der Waals surface area contributed by atoms with Crippen molar-refractivity contribution in [3.63, 3.8) is 0 Å². The third-order valence-corrected chi connectivity index (χ3v) is 2.97. The number of rotatable bonds is 1. The van der Waals surface area contributed by atoms with Gasteiger partial charge in [-0.05, 0) is 41.9 Å². The molecule has 0 bridgehead atoms. The SMILES string of the molecule is CC1(C)OC(c2ccncc2)=C(Br)C1=O. The van der Waals surface area contributed by atoms with Gasteiger partial charge in [0.05, 0.1) is 0 Å². The van der Waals surface area contributed by atoms with Crippen LogP contribution in [0.3, 0.4) is 0 Å². The zero-order valence-corrected chi connectivity index (χ0v) is 10.0. The predicted octanol–water partition coefficient (Wildman–Crippen LogP) is 2.52. The number of nitrogens with zero attached hydrogens (tertiary/aromatic N) is 1. The number of halogens is 1. The lowest BCUT2D eigenvalue weighted by molar-refractivity contribution is -0.125. The van der Waals surface area contributed by atoms with E-state index in [1.807, 2.05) is 12.1 Å². The van der Waals surface area contributed by atoms with Crippen molar-refractivity contribution in [2.45, 2.75) is 19.4 Å². The fourth-order valence-corrected chi connectivity index (χ4v) is 2.19. The van der Waals surface area contributed by atoms with Gasteiger partial charge in [0.1, 0.15) is 10.2 Å². The molecule has 0 aliphatic carbocycles. The number of aromatic nitrogens is 1. The number of hydrogen-bond donors (Lipinski definition) is 0. The van der Waals surface area contributed by atoms with Gasteiger partial charge in [-0.3, -0.25) is 9.78 Å². The van der Waals surface area contributed by atoms with Gasteiger partial charge < -0.3 is 4.74 Å². The third kappa shape index (κ3) is 1.69. The molecule has 0 fully saturated rings. The first-order valence-electron chi connectivity index (χ1n) is 4.56. The van der Waals surface area contributed by atoms with Crippen molar-refractivity contribution >= 4 is 27.5 Å². The van der Waals surface area contributed by atoms with Crippen LogP contribution in [0.1, 0.15) is 19.4 Å². The van der Waals surface area contributed by atoms with Crippen LogP contribution >= 0.6 is 15.9 Å². The zero-order chi connectivity index (χ0) is 11.1. The first-order valence-corrected chi connectivity index (χ1v) is 5.35. The zero-order valence-electron chi connectivity index (χ0n) is 8.45. The molecule has 2 rings (SSSR count).